The number of nitrogens with zero attached hydrogens (tertiary/aromatic N) is 2. The normalized spacial score (nSPS) is 13.1. The first kappa shape index (κ1) is 23.8. The van der Waals surface area contributed by atoms with E-state index in [9.17, 15) is 17.6 Å². The zero-order valence-corrected chi connectivity index (χ0v) is 20.2. The quantitative estimate of drug-likeness (QED) is 0.354. The predicted molar refractivity (Wildman–Crippen MR) is 125 cm³/mol. The topological polar surface area (TPSA) is 110 Å². The molecule has 0 saturated heterocycles. The number of furan rings is 1. The van der Waals surface area contributed by atoms with Gasteiger partial charge in [0, 0.05) is 12.1 Å². The maximum absolute atomic E-state index is 13.5. The third-order valence-electron chi connectivity index (χ3n) is 4.76. The molecule has 3 aromatic rings. The number of sulfonamides is 1. The van der Waals surface area contributed by atoms with Crippen molar-refractivity contribution in [2.45, 2.75) is 11.8 Å². The molecule has 178 valence electrons. The lowest BCUT2D eigenvalue weighted by molar-refractivity contribution is -0.119. The van der Waals surface area contributed by atoms with E-state index in [4.69, 9.17) is 13.9 Å². The number of hydrogen-bond acceptors (Lipinski definition) is 7. The van der Waals surface area contributed by atoms with Crippen molar-refractivity contribution < 1.29 is 31.5 Å². The van der Waals surface area contributed by atoms with Gasteiger partial charge >= 0.3 is 0 Å². The summed E-state index contributed by atoms with van der Waals surface area (Å²) in [7, 11) is -4.24. The molecule has 0 spiro atoms. The van der Waals surface area contributed by atoms with Crippen LogP contribution < -0.4 is 19.2 Å². The molecule has 2 aromatic carbocycles. The van der Waals surface area contributed by atoms with Gasteiger partial charge in [-0.15, -0.1) is 0 Å². The van der Waals surface area contributed by atoms with E-state index in [0.29, 0.717) is 23.9 Å². The van der Waals surface area contributed by atoms with Gasteiger partial charge in [-0.2, -0.15) is 5.10 Å². The van der Waals surface area contributed by atoms with E-state index in [1.54, 1.807) is 13.0 Å². The summed E-state index contributed by atoms with van der Waals surface area (Å²) in [6.45, 7) is 1.78. The van der Waals surface area contributed by atoms with Crippen LogP contribution in [0, 0.1) is 12.7 Å². The molecule has 0 atom stereocenters. The number of carbonyl (C=O) groups excluding carboxylic acids is 1. The average Bonchev–Trinajstić information content (AvgIpc) is 3.14. The standard InChI is InChI=1S/C22H19BrFN3O6S/c1-14-19(23)10-17(33-14)12-25-26-22(28)13-27(16-4-2-15(24)3-5-16)34(29,30)18-6-7-20-21(11-18)32-9-8-31-20/h2-7,10-12H,8-9,13H2,1H3,(H,26,28)/b25-12-. The molecular weight excluding hydrogens is 533 g/mol. The van der Waals surface area contributed by atoms with Crippen LogP contribution in [0.1, 0.15) is 11.5 Å². The highest BCUT2D eigenvalue weighted by atomic mass is 79.9. The van der Waals surface area contributed by atoms with Crippen molar-refractivity contribution in [3.05, 3.63) is 70.3 Å². The molecule has 2 heterocycles. The SMILES string of the molecule is Cc1oc(/C=N\NC(=O)CN(c2ccc(F)cc2)S(=O)(=O)c2ccc3c(c2)OCCO3)cc1Br. The summed E-state index contributed by atoms with van der Waals surface area (Å²) >= 11 is 3.31. The number of hydrazone groups is 1. The predicted octanol–water partition coefficient (Wildman–Crippen LogP) is 3.61. The molecule has 0 bridgehead atoms. The summed E-state index contributed by atoms with van der Waals surface area (Å²) in [5.41, 5.74) is 2.37. The molecule has 0 saturated carbocycles. The number of aryl methyl sites for hydroxylation is 1. The zero-order valence-electron chi connectivity index (χ0n) is 17.8. The number of carbonyl (C=O) groups is 1. The van der Waals surface area contributed by atoms with Crippen LogP contribution >= 0.6 is 15.9 Å². The highest BCUT2D eigenvalue weighted by Gasteiger charge is 2.29. The largest absolute Gasteiger partial charge is 0.486 e. The fourth-order valence-electron chi connectivity index (χ4n) is 3.11. The number of fused-ring (bicyclic) bond motifs is 1. The van der Waals surface area contributed by atoms with Crippen molar-refractivity contribution in [3.8, 4) is 11.5 Å². The second-order valence-electron chi connectivity index (χ2n) is 7.14. The summed E-state index contributed by atoms with van der Waals surface area (Å²) in [5, 5.41) is 3.81. The monoisotopic (exact) mass is 551 g/mol. The van der Waals surface area contributed by atoms with Gasteiger partial charge in [-0.3, -0.25) is 9.10 Å². The Kier molecular flexibility index (Phi) is 6.89. The maximum atomic E-state index is 13.5. The van der Waals surface area contributed by atoms with Crippen LogP contribution in [0.15, 0.2) is 67.4 Å². The van der Waals surface area contributed by atoms with E-state index in [1.165, 1.54) is 36.5 Å². The summed E-state index contributed by atoms with van der Waals surface area (Å²) in [6.07, 6.45) is 1.28. The molecule has 34 heavy (non-hydrogen) atoms. The first-order valence-corrected chi connectivity index (χ1v) is 12.2. The molecule has 0 fully saturated rings. The smallest absolute Gasteiger partial charge is 0.264 e. The Balaban J connectivity index is 1.59. The second kappa shape index (κ2) is 9.85. The molecule has 12 heteroatoms. The minimum atomic E-state index is -4.24. The van der Waals surface area contributed by atoms with Crippen molar-refractivity contribution in [2.75, 3.05) is 24.1 Å². The van der Waals surface area contributed by atoms with Gasteiger partial charge in [0.1, 0.15) is 37.1 Å². The summed E-state index contributed by atoms with van der Waals surface area (Å²) in [6, 6.07) is 10.6. The number of rotatable bonds is 7. The Morgan fingerprint density at radius 3 is 2.53 bits per heavy atom. The average molecular weight is 552 g/mol. The Hall–Kier alpha value is -3.38. The third kappa shape index (κ3) is 5.23. The van der Waals surface area contributed by atoms with E-state index < -0.39 is 28.3 Å². The van der Waals surface area contributed by atoms with Gasteiger partial charge < -0.3 is 13.9 Å². The maximum Gasteiger partial charge on any atom is 0.264 e. The Bertz CT molecular complexity index is 1320. The van der Waals surface area contributed by atoms with E-state index in [-0.39, 0.29) is 22.9 Å². The Labute approximate surface area is 203 Å². The lowest BCUT2D eigenvalue weighted by Gasteiger charge is -2.25. The molecule has 0 aliphatic carbocycles. The molecule has 1 amide bonds. The number of benzene rings is 2. The summed E-state index contributed by atoms with van der Waals surface area (Å²) in [4.78, 5) is 12.5. The van der Waals surface area contributed by atoms with Crippen molar-refractivity contribution in [1.82, 2.24) is 5.43 Å². The van der Waals surface area contributed by atoms with Gasteiger partial charge in [-0.1, -0.05) is 0 Å². The van der Waals surface area contributed by atoms with Crippen LogP contribution in [-0.4, -0.2) is 40.3 Å². The fraction of sp³-hybridized carbons (Fsp3) is 0.182. The first-order valence-electron chi connectivity index (χ1n) is 10.00. The Morgan fingerprint density at radius 2 is 1.85 bits per heavy atom. The van der Waals surface area contributed by atoms with E-state index in [1.807, 2.05) is 0 Å². The van der Waals surface area contributed by atoms with Crippen molar-refractivity contribution >= 4 is 43.8 Å². The van der Waals surface area contributed by atoms with E-state index >= 15 is 0 Å². The second-order valence-corrected chi connectivity index (χ2v) is 9.86. The van der Waals surface area contributed by atoms with Gasteiger partial charge in [-0.05, 0) is 59.3 Å². The molecule has 1 N–H and O–H groups in total. The number of nitrogens with one attached hydrogen (secondary N) is 1. The van der Waals surface area contributed by atoms with Gasteiger partial charge in [0.15, 0.2) is 11.5 Å². The van der Waals surface area contributed by atoms with Crippen LogP contribution in [-0.2, 0) is 14.8 Å². The van der Waals surface area contributed by atoms with Crippen LogP contribution in [0.3, 0.4) is 0 Å². The van der Waals surface area contributed by atoms with Crippen molar-refractivity contribution in [3.63, 3.8) is 0 Å². The van der Waals surface area contributed by atoms with Crippen LogP contribution in [0.25, 0.3) is 0 Å². The number of ether oxygens (including phenoxy) is 2. The minimum Gasteiger partial charge on any atom is -0.486 e. The molecule has 0 unspecified atom stereocenters. The Morgan fingerprint density at radius 1 is 1.15 bits per heavy atom. The molecular formula is C22H19BrFN3O6S. The van der Waals surface area contributed by atoms with Gasteiger partial charge in [0.05, 0.1) is 21.3 Å². The summed E-state index contributed by atoms with van der Waals surface area (Å²) < 4.78 is 58.3. The van der Waals surface area contributed by atoms with Crippen LogP contribution in [0.5, 0.6) is 11.5 Å². The minimum absolute atomic E-state index is 0.0982. The van der Waals surface area contributed by atoms with Crippen LogP contribution in [0.4, 0.5) is 10.1 Å². The number of halogens is 2. The lowest BCUT2D eigenvalue weighted by atomic mass is 10.3. The number of anilines is 1. The molecule has 0 radical (unpaired) electrons. The number of amides is 1. The lowest BCUT2D eigenvalue weighted by Crippen LogP contribution is -2.39. The third-order valence-corrected chi connectivity index (χ3v) is 7.32. The van der Waals surface area contributed by atoms with Crippen molar-refractivity contribution in [2.24, 2.45) is 5.10 Å². The molecule has 4 rings (SSSR count). The molecule has 9 nitrogen and oxygen atoms in total. The van der Waals surface area contributed by atoms with Gasteiger partial charge in [0.25, 0.3) is 15.9 Å². The first-order chi connectivity index (χ1) is 16.2. The van der Waals surface area contributed by atoms with Crippen molar-refractivity contribution in [1.29, 1.82) is 0 Å². The van der Waals surface area contributed by atoms with E-state index in [0.717, 1.165) is 20.9 Å². The van der Waals surface area contributed by atoms with Gasteiger partial charge in [-0.25, -0.2) is 18.2 Å². The zero-order chi connectivity index (χ0) is 24.3. The number of hydrogen-bond donors (Lipinski definition) is 1. The van der Waals surface area contributed by atoms with E-state index in [2.05, 4.69) is 26.5 Å². The molecule has 1 aliphatic heterocycles. The van der Waals surface area contributed by atoms with Crippen LogP contribution in [0.2, 0.25) is 0 Å². The molecule has 1 aliphatic rings. The summed E-state index contributed by atoms with van der Waals surface area (Å²) in [5.74, 6) is 0.467. The highest BCUT2D eigenvalue weighted by Crippen LogP contribution is 2.34. The van der Waals surface area contributed by atoms with Gasteiger partial charge in [0.2, 0.25) is 0 Å². The highest BCUT2D eigenvalue weighted by molar-refractivity contribution is 9.10. The fourth-order valence-corrected chi connectivity index (χ4v) is 4.86. The molecule has 1 aromatic heterocycles.